The second-order valence-electron chi connectivity index (χ2n) is 6.30. The number of anilines is 1. The Kier molecular flexibility index (Phi) is 5.17. The number of piperidine rings is 1. The summed E-state index contributed by atoms with van der Waals surface area (Å²) in [5.74, 6) is 0.612. The quantitative estimate of drug-likeness (QED) is 0.669. The molecule has 1 aliphatic rings. The van der Waals surface area contributed by atoms with E-state index in [2.05, 4.69) is 24.1 Å². The van der Waals surface area contributed by atoms with E-state index in [-0.39, 0.29) is 10.6 Å². The smallest absolute Gasteiger partial charge is 0.271 e. The number of benzene rings is 1. The Balaban J connectivity index is 2.08. The van der Waals surface area contributed by atoms with Gasteiger partial charge in [-0.1, -0.05) is 13.8 Å². The molecule has 0 spiro atoms. The van der Waals surface area contributed by atoms with Gasteiger partial charge in [-0.3, -0.25) is 10.1 Å². The number of hydrogen-bond acceptors (Lipinski definition) is 4. The third-order valence-electron chi connectivity index (χ3n) is 3.96. The lowest BCUT2D eigenvalue weighted by molar-refractivity contribution is -0.384. The zero-order valence-electron chi connectivity index (χ0n) is 13.1. The molecule has 116 valence electrons. The zero-order chi connectivity index (χ0) is 15.4. The summed E-state index contributed by atoms with van der Waals surface area (Å²) in [6.45, 7) is 9.20. The Morgan fingerprint density at radius 1 is 1.43 bits per heavy atom. The molecule has 0 radical (unpaired) electrons. The van der Waals surface area contributed by atoms with E-state index in [9.17, 15) is 10.1 Å². The lowest BCUT2D eigenvalue weighted by atomic mass is 9.97. The van der Waals surface area contributed by atoms with Crippen LogP contribution in [0.2, 0.25) is 0 Å². The second-order valence-corrected chi connectivity index (χ2v) is 6.30. The van der Waals surface area contributed by atoms with Gasteiger partial charge in [0.25, 0.3) is 5.69 Å². The van der Waals surface area contributed by atoms with Crippen LogP contribution in [0.5, 0.6) is 0 Å². The van der Waals surface area contributed by atoms with E-state index in [4.69, 9.17) is 0 Å². The highest BCUT2D eigenvalue weighted by Gasteiger charge is 2.21. The Morgan fingerprint density at radius 2 is 2.19 bits per heavy atom. The third-order valence-corrected chi connectivity index (χ3v) is 3.96. The molecule has 21 heavy (non-hydrogen) atoms. The minimum atomic E-state index is -0.307. The van der Waals surface area contributed by atoms with Crippen molar-refractivity contribution >= 4 is 11.4 Å². The SMILES string of the molecule is Cc1cc(N2CCCC(CNC(C)C)C2)cc([N+](=O)[O-])c1. The highest BCUT2D eigenvalue weighted by Crippen LogP contribution is 2.27. The molecule has 1 heterocycles. The summed E-state index contributed by atoms with van der Waals surface area (Å²) in [6.07, 6.45) is 2.37. The van der Waals surface area contributed by atoms with Crippen LogP contribution in [-0.2, 0) is 0 Å². The fourth-order valence-corrected chi connectivity index (χ4v) is 2.90. The van der Waals surface area contributed by atoms with Crippen LogP contribution in [0.15, 0.2) is 18.2 Å². The lowest BCUT2D eigenvalue weighted by Crippen LogP contribution is -2.41. The molecule has 1 aromatic rings. The Bertz CT molecular complexity index is 502. The summed E-state index contributed by atoms with van der Waals surface area (Å²) in [6, 6.07) is 5.88. The highest BCUT2D eigenvalue weighted by atomic mass is 16.6. The largest absolute Gasteiger partial charge is 0.371 e. The van der Waals surface area contributed by atoms with Crippen molar-refractivity contribution in [3.63, 3.8) is 0 Å². The van der Waals surface area contributed by atoms with Gasteiger partial charge < -0.3 is 10.2 Å². The van der Waals surface area contributed by atoms with Crippen LogP contribution in [0, 0.1) is 23.0 Å². The van der Waals surface area contributed by atoms with E-state index in [1.165, 1.54) is 6.42 Å². The number of aryl methyl sites for hydroxylation is 1. The number of nitrogens with zero attached hydrogens (tertiary/aromatic N) is 2. The fourth-order valence-electron chi connectivity index (χ4n) is 2.90. The molecule has 0 amide bonds. The summed E-state index contributed by atoms with van der Waals surface area (Å²) in [5, 5.41) is 14.5. The average molecular weight is 291 g/mol. The minimum Gasteiger partial charge on any atom is -0.371 e. The first-order valence-electron chi connectivity index (χ1n) is 7.70. The first-order valence-corrected chi connectivity index (χ1v) is 7.70. The first kappa shape index (κ1) is 15.8. The number of nitrogens with one attached hydrogen (secondary N) is 1. The topological polar surface area (TPSA) is 58.4 Å². The van der Waals surface area contributed by atoms with E-state index in [0.717, 1.165) is 37.3 Å². The third kappa shape index (κ3) is 4.43. The molecule has 5 heteroatoms. The van der Waals surface area contributed by atoms with Gasteiger partial charge in [0.05, 0.1) is 4.92 Å². The van der Waals surface area contributed by atoms with Gasteiger partial charge in [-0.2, -0.15) is 0 Å². The van der Waals surface area contributed by atoms with Crippen LogP contribution < -0.4 is 10.2 Å². The van der Waals surface area contributed by atoms with Gasteiger partial charge in [0.15, 0.2) is 0 Å². The molecule has 0 aliphatic carbocycles. The summed E-state index contributed by atoms with van der Waals surface area (Å²) in [5.41, 5.74) is 2.12. The molecule has 1 N–H and O–H groups in total. The summed E-state index contributed by atoms with van der Waals surface area (Å²) >= 11 is 0. The summed E-state index contributed by atoms with van der Waals surface area (Å²) in [7, 11) is 0. The van der Waals surface area contributed by atoms with Gasteiger partial charge in [-0.05, 0) is 43.9 Å². The van der Waals surface area contributed by atoms with Gasteiger partial charge >= 0.3 is 0 Å². The normalized spacial score (nSPS) is 19.0. The Morgan fingerprint density at radius 3 is 2.86 bits per heavy atom. The Hall–Kier alpha value is -1.62. The predicted molar refractivity (Wildman–Crippen MR) is 85.9 cm³/mol. The first-order chi connectivity index (χ1) is 9.95. The molecule has 1 aliphatic heterocycles. The van der Waals surface area contributed by atoms with Crippen LogP contribution in [0.1, 0.15) is 32.3 Å². The van der Waals surface area contributed by atoms with E-state index in [1.807, 2.05) is 13.0 Å². The van der Waals surface area contributed by atoms with Crippen molar-refractivity contribution in [1.82, 2.24) is 5.32 Å². The van der Waals surface area contributed by atoms with Crippen LogP contribution in [0.4, 0.5) is 11.4 Å². The number of nitro groups is 1. The molecular formula is C16H25N3O2. The maximum atomic E-state index is 11.0. The molecule has 0 saturated carbocycles. The predicted octanol–water partition coefficient (Wildman–Crippen LogP) is 3.12. The molecule has 5 nitrogen and oxygen atoms in total. The van der Waals surface area contributed by atoms with Crippen molar-refractivity contribution in [1.29, 1.82) is 0 Å². The van der Waals surface area contributed by atoms with Crippen molar-refractivity contribution in [2.75, 3.05) is 24.5 Å². The van der Waals surface area contributed by atoms with Gasteiger partial charge in [0.2, 0.25) is 0 Å². The summed E-state index contributed by atoms with van der Waals surface area (Å²) in [4.78, 5) is 13.0. The van der Waals surface area contributed by atoms with Crippen molar-refractivity contribution in [3.8, 4) is 0 Å². The van der Waals surface area contributed by atoms with Crippen molar-refractivity contribution < 1.29 is 4.92 Å². The molecule has 1 unspecified atom stereocenters. The maximum Gasteiger partial charge on any atom is 0.271 e. The van der Waals surface area contributed by atoms with Crippen LogP contribution in [-0.4, -0.2) is 30.6 Å². The molecule has 1 saturated heterocycles. The standard InChI is InChI=1S/C16H25N3O2/c1-12(2)17-10-14-5-4-6-18(11-14)15-7-13(3)8-16(9-15)19(20)21/h7-9,12,14,17H,4-6,10-11H2,1-3H3. The van der Waals surface area contributed by atoms with Gasteiger partial charge in [0, 0.05) is 37.0 Å². The molecule has 1 fully saturated rings. The Labute approximate surface area is 126 Å². The maximum absolute atomic E-state index is 11.0. The number of hydrogen-bond donors (Lipinski definition) is 1. The van der Waals surface area contributed by atoms with Crippen molar-refractivity contribution in [2.24, 2.45) is 5.92 Å². The second kappa shape index (κ2) is 6.89. The van der Waals surface area contributed by atoms with Crippen molar-refractivity contribution in [3.05, 3.63) is 33.9 Å². The monoisotopic (exact) mass is 291 g/mol. The molecule has 1 aromatic carbocycles. The number of nitro benzene ring substituents is 1. The van der Waals surface area contributed by atoms with Gasteiger partial charge in [-0.25, -0.2) is 0 Å². The number of non-ortho nitro benzene ring substituents is 1. The minimum absolute atomic E-state index is 0.187. The van der Waals surface area contributed by atoms with Gasteiger partial charge in [-0.15, -0.1) is 0 Å². The number of rotatable bonds is 5. The molecule has 2 rings (SSSR count). The molecule has 0 bridgehead atoms. The van der Waals surface area contributed by atoms with Crippen molar-refractivity contribution in [2.45, 2.75) is 39.7 Å². The van der Waals surface area contributed by atoms with E-state index >= 15 is 0 Å². The highest BCUT2D eigenvalue weighted by molar-refractivity contribution is 5.56. The van der Waals surface area contributed by atoms with Crippen LogP contribution in [0.3, 0.4) is 0 Å². The summed E-state index contributed by atoms with van der Waals surface area (Å²) < 4.78 is 0. The van der Waals surface area contributed by atoms with E-state index in [1.54, 1.807) is 12.1 Å². The van der Waals surface area contributed by atoms with Crippen LogP contribution in [0.25, 0.3) is 0 Å². The van der Waals surface area contributed by atoms with E-state index < -0.39 is 0 Å². The molecular weight excluding hydrogens is 266 g/mol. The lowest BCUT2D eigenvalue weighted by Gasteiger charge is -2.35. The molecule has 1 atom stereocenters. The average Bonchev–Trinajstić information content (AvgIpc) is 2.44. The zero-order valence-corrected chi connectivity index (χ0v) is 13.1. The van der Waals surface area contributed by atoms with E-state index in [0.29, 0.717) is 12.0 Å². The molecule has 0 aromatic heterocycles. The van der Waals surface area contributed by atoms with Crippen LogP contribution >= 0.6 is 0 Å². The van der Waals surface area contributed by atoms with Gasteiger partial charge in [0.1, 0.15) is 0 Å². The fraction of sp³-hybridized carbons (Fsp3) is 0.625.